The Morgan fingerprint density at radius 1 is 1.47 bits per heavy atom. The third-order valence-corrected chi connectivity index (χ3v) is 1.73. The van der Waals surface area contributed by atoms with E-state index in [0.717, 1.165) is 0 Å². The molecule has 0 aliphatic heterocycles. The molecule has 3 N–H and O–H groups in total. The summed E-state index contributed by atoms with van der Waals surface area (Å²) in [4.78, 5) is 10.8. The summed E-state index contributed by atoms with van der Waals surface area (Å²) in [5.74, 6) is -0.0345. The SMILES string of the molecule is COc1c(OC(C)=O)cccc1C(=N)N. The van der Waals surface area contributed by atoms with Crippen molar-refractivity contribution in [3.8, 4) is 11.5 Å². The summed E-state index contributed by atoms with van der Waals surface area (Å²) < 4.78 is 9.95. The van der Waals surface area contributed by atoms with Crippen LogP contribution in [0.15, 0.2) is 18.2 Å². The van der Waals surface area contributed by atoms with Gasteiger partial charge >= 0.3 is 5.97 Å². The molecule has 0 heterocycles. The molecule has 0 saturated heterocycles. The lowest BCUT2D eigenvalue weighted by atomic mass is 10.1. The van der Waals surface area contributed by atoms with Gasteiger partial charge in [0.15, 0.2) is 11.5 Å². The van der Waals surface area contributed by atoms with Crippen LogP contribution < -0.4 is 15.2 Å². The van der Waals surface area contributed by atoms with Crippen molar-refractivity contribution < 1.29 is 14.3 Å². The Labute approximate surface area is 87.3 Å². The van der Waals surface area contributed by atoms with Crippen molar-refractivity contribution in [3.63, 3.8) is 0 Å². The van der Waals surface area contributed by atoms with Gasteiger partial charge < -0.3 is 15.2 Å². The molecule has 0 spiro atoms. The first kappa shape index (κ1) is 11.0. The molecular weight excluding hydrogens is 196 g/mol. The highest BCUT2D eigenvalue weighted by molar-refractivity contribution is 5.98. The number of esters is 1. The number of rotatable bonds is 3. The van der Waals surface area contributed by atoms with E-state index in [1.54, 1.807) is 18.2 Å². The van der Waals surface area contributed by atoms with Crippen molar-refractivity contribution in [3.05, 3.63) is 23.8 Å². The molecule has 5 nitrogen and oxygen atoms in total. The summed E-state index contributed by atoms with van der Waals surface area (Å²) in [5.41, 5.74) is 5.75. The fraction of sp³-hybridized carbons (Fsp3) is 0.200. The van der Waals surface area contributed by atoms with Gasteiger partial charge in [0, 0.05) is 6.92 Å². The summed E-state index contributed by atoms with van der Waals surface area (Å²) in [7, 11) is 1.43. The maximum absolute atomic E-state index is 10.8. The summed E-state index contributed by atoms with van der Waals surface area (Å²) >= 11 is 0. The molecule has 0 radical (unpaired) electrons. The third kappa shape index (κ3) is 2.46. The lowest BCUT2D eigenvalue weighted by molar-refractivity contribution is -0.132. The minimum Gasteiger partial charge on any atom is -0.492 e. The summed E-state index contributed by atoms with van der Waals surface area (Å²) in [6, 6.07) is 4.83. The Balaban J connectivity index is 3.21. The van der Waals surface area contributed by atoms with Gasteiger partial charge in [-0.3, -0.25) is 10.2 Å². The molecule has 0 bridgehead atoms. The first-order chi connectivity index (χ1) is 7.06. The van der Waals surface area contributed by atoms with E-state index in [4.69, 9.17) is 20.6 Å². The van der Waals surface area contributed by atoms with Crippen molar-refractivity contribution in [2.24, 2.45) is 5.73 Å². The van der Waals surface area contributed by atoms with E-state index in [0.29, 0.717) is 11.3 Å². The predicted octanol–water partition coefficient (Wildman–Crippen LogP) is 0.905. The average molecular weight is 208 g/mol. The van der Waals surface area contributed by atoms with Crippen molar-refractivity contribution in [2.45, 2.75) is 6.92 Å². The van der Waals surface area contributed by atoms with Gasteiger partial charge in [0.25, 0.3) is 0 Å². The van der Waals surface area contributed by atoms with Gasteiger partial charge in [0.05, 0.1) is 12.7 Å². The maximum Gasteiger partial charge on any atom is 0.308 e. The molecule has 15 heavy (non-hydrogen) atoms. The fourth-order valence-corrected chi connectivity index (χ4v) is 1.17. The zero-order valence-electron chi connectivity index (χ0n) is 8.53. The Bertz CT molecular complexity index is 402. The topological polar surface area (TPSA) is 85.4 Å². The van der Waals surface area contributed by atoms with Gasteiger partial charge in [-0.05, 0) is 12.1 Å². The van der Waals surface area contributed by atoms with Gasteiger partial charge in [0.2, 0.25) is 0 Å². The number of nitrogens with one attached hydrogen (secondary N) is 1. The van der Waals surface area contributed by atoms with Crippen LogP contribution in [-0.2, 0) is 4.79 Å². The second kappa shape index (κ2) is 4.45. The van der Waals surface area contributed by atoms with Crippen molar-refractivity contribution in [1.29, 1.82) is 5.41 Å². The standard InChI is InChI=1S/C10H12N2O3/c1-6(13)15-8-5-3-4-7(10(11)12)9(8)14-2/h3-5H,1-2H3,(H3,11,12). The van der Waals surface area contributed by atoms with Crippen molar-refractivity contribution in [1.82, 2.24) is 0 Å². The van der Waals surface area contributed by atoms with Crippen LogP contribution in [-0.4, -0.2) is 18.9 Å². The van der Waals surface area contributed by atoms with Crippen molar-refractivity contribution >= 4 is 11.8 Å². The molecule has 0 saturated carbocycles. The van der Waals surface area contributed by atoms with Crippen molar-refractivity contribution in [2.75, 3.05) is 7.11 Å². The van der Waals surface area contributed by atoms with Crippen LogP contribution in [0, 0.1) is 5.41 Å². The summed E-state index contributed by atoms with van der Waals surface area (Å²) in [6.45, 7) is 1.29. The van der Waals surface area contributed by atoms with Gasteiger partial charge in [0.1, 0.15) is 5.84 Å². The van der Waals surface area contributed by atoms with Crippen LogP contribution in [0.4, 0.5) is 0 Å². The van der Waals surface area contributed by atoms with E-state index in [2.05, 4.69) is 0 Å². The maximum atomic E-state index is 10.8. The number of amidine groups is 1. The minimum absolute atomic E-state index is 0.138. The fourth-order valence-electron chi connectivity index (χ4n) is 1.17. The molecule has 0 aliphatic carbocycles. The van der Waals surface area contributed by atoms with E-state index < -0.39 is 5.97 Å². The molecule has 1 aromatic carbocycles. The second-order valence-electron chi connectivity index (χ2n) is 2.84. The molecular formula is C10H12N2O3. The quantitative estimate of drug-likeness (QED) is 0.334. The molecule has 5 heteroatoms. The van der Waals surface area contributed by atoms with E-state index in [1.165, 1.54) is 14.0 Å². The number of para-hydroxylation sites is 1. The molecule has 0 atom stereocenters. The smallest absolute Gasteiger partial charge is 0.308 e. The molecule has 0 aliphatic rings. The van der Waals surface area contributed by atoms with E-state index in [-0.39, 0.29) is 11.6 Å². The van der Waals surface area contributed by atoms with Crippen LogP contribution in [0.2, 0.25) is 0 Å². The number of methoxy groups -OCH3 is 1. The number of carbonyl (C=O) groups excluding carboxylic acids is 1. The number of carbonyl (C=O) groups is 1. The highest BCUT2D eigenvalue weighted by Gasteiger charge is 2.13. The predicted molar refractivity (Wildman–Crippen MR) is 55.3 cm³/mol. The second-order valence-corrected chi connectivity index (χ2v) is 2.84. The number of nitrogen functional groups attached to an aromatic ring is 1. The zero-order valence-corrected chi connectivity index (χ0v) is 8.53. The number of hydrogen-bond acceptors (Lipinski definition) is 4. The number of benzene rings is 1. The van der Waals surface area contributed by atoms with Crippen LogP contribution in [0.3, 0.4) is 0 Å². The van der Waals surface area contributed by atoms with Gasteiger partial charge in [-0.15, -0.1) is 0 Å². The molecule has 1 rings (SSSR count). The normalized spacial score (nSPS) is 9.47. The van der Waals surface area contributed by atoms with Gasteiger partial charge in [-0.25, -0.2) is 0 Å². The third-order valence-electron chi connectivity index (χ3n) is 1.73. The summed E-state index contributed by atoms with van der Waals surface area (Å²) in [6.07, 6.45) is 0. The van der Waals surface area contributed by atoms with E-state index in [9.17, 15) is 4.79 Å². The zero-order chi connectivity index (χ0) is 11.4. The Hall–Kier alpha value is -2.04. The van der Waals surface area contributed by atoms with Crippen LogP contribution >= 0.6 is 0 Å². The van der Waals surface area contributed by atoms with Gasteiger partial charge in [-0.2, -0.15) is 0 Å². The molecule has 0 aromatic heterocycles. The van der Waals surface area contributed by atoms with Crippen LogP contribution in [0.25, 0.3) is 0 Å². The molecule has 1 aromatic rings. The minimum atomic E-state index is -0.450. The Morgan fingerprint density at radius 3 is 2.60 bits per heavy atom. The lowest BCUT2D eigenvalue weighted by Crippen LogP contribution is -2.13. The lowest BCUT2D eigenvalue weighted by Gasteiger charge is -2.11. The Kier molecular flexibility index (Phi) is 3.28. The summed E-state index contributed by atoms with van der Waals surface area (Å²) in [5, 5.41) is 7.32. The average Bonchev–Trinajstić information content (AvgIpc) is 2.16. The van der Waals surface area contributed by atoms with Crippen LogP contribution in [0.5, 0.6) is 11.5 Å². The molecule has 0 amide bonds. The first-order valence-corrected chi connectivity index (χ1v) is 4.26. The van der Waals surface area contributed by atoms with Crippen LogP contribution in [0.1, 0.15) is 12.5 Å². The molecule has 80 valence electrons. The van der Waals surface area contributed by atoms with E-state index >= 15 is 0 Å². The molecule has 0 unspecified atom stereocenters. The first-order valence-electron chi connectivity index (χ1n) is 4.26. The number of nitrogens with two attached hydrogens (primary N) is 1. The highest BCUT2D eigenvalue weighted by atomic mass is 16.6. The number of ether oxygens (including phenoxy) is 2. The highest BCUT2D eigenvalue weighted by Crippen LogP contribution is 2.30. The number of hydrogen-bond donors (Lipinski definition) is 2. The Morgan fingerprint density at radius 2 is 2.13 bits per heavy atom. The van der Waals surface area contributed by atoms with Gasteiger partial charge in [-0.1, -0.05) is 6.07 Å². The molecule has 0 fully saturated rings. The van der Waals surface area contributed by atoms with E-state index in [1.807, 2.05) is 0 Å². The largest absolute Gasteiger partial charge is 0.492 e. The monoisotopic (exact) mass is 208 g/mol.